The van der Waals surface area contributed by atoms with Gasteiger partial charge in [0.1, 0.15) is 12.7 Å². The van der Waals surface area contributed by atoms with Crippen LogP contribution in [0.25, 0.3) is 5.69 Å². The van der Waals surface area contributed by atoms with Crippen LogP contribution in [-0.2, 0) is 0 Å². The fraction of sp³-hybridized carbons (Fsp3) is 0.182. The molecule has 0 saturated carbocycles. The van der Waals surface area contributed by atoms with Crippen molar-refractivity contribution in [3.05, 3.63) is 42.5 Å². The molecule has 16 heavy (non-hydrogen) atoms. The Morgan fingerprint density at radius 2 is 2.06 bits per heavy atom. The molecule has 2 aromatic rings. The maximum atomic E-state index is 11.5. The molecule has 5 heteroatoms. The van der Waals surface area contributed by atoms with Gasteiger partial charge in [-0.1, -0.05) is 0 Å². The molecule has 5 nitrogen and oxygen atoms in total. The molecule has 2 rings (SSSR count). The predicted molar refractivity (Wildman–Crippen MR) is 59.4 cm³/mol. The Hall–Kier alpha value is -2.01. The molecule has 0 bridgehead atoms. The molecule has 82 valence electrons. The standard InChI is InChI=1S/C11H12N4O/c12-6-5-11(16)9-1-3-10(4-2-9)15-8-13-7-14-15/h1-4,7-8H,5-6,12H2. The second-order valence-corrected chi connectivity index (χ2v) is 3.35. The number of hydrogen-bond acceptors (Lipinski definition) is 4. The van der Waals surface area contributed by atoms with Crippen LogP contribution in [0.1, 0.15) is 16.8 Å². The number of nitrogens with zero attached hydrogens (tertiary/aromatic N) is 3. The minimum atomic E-state index is 0.0626. The molecule has 1 aromatic heterocycles. The highest BCUT2D eigenvalue weighted by molar-refractivity contribution is 5.96. The molecular weight excluding hydrogens is 204 g/mol. The molecule has 0 unspecified atom stereocenters. The number of rotatable bonds is 4. The van der Waals surface area contributed by atoms with Gasteiger partial charge in [0.15, 0.2) is 5.78 Å². The minimum Gasteiger partial charge on any atom is -0.330 e. The number of nitrogens with two attached hydrogens (primary N) is 1. The molecule has 0 atom stereocenters. The van der Waals surface area contributed by atoms with Gasteiger partial charge in [0.25, 0.3) is 0 Å². The Labute approximate surface area is 92.9 Å². The van der Waals surface area contributed by atoms with Crippen molar-refractivity contribution in [2.45, 2.75) is 6.42 Å². The van der Waals surface area contributed by atoms with Crippen molar-refractivity contribution in [2.24, 2.45) is 5.73 Å². The zero-order valence-electron chi connectivity index (χ0n) is 8.71. The number of ketones is 1. The number of carbonyl (C=O) groups is 1. The highest BCUT2D eigenvalue weighted by Gasteiger charge is 2.04. The van der Waals surface area contributed by atoms with Gasteiger partial charge in [-0.05, 0) is 30.8 Å². The fourth-order valence-electron chi connectivity index (χ4n) is 1.42. The first kappa shape index (κ1) is 10.5. The van der Waals surface area contributed by atoms with E-state index in [1.165, 1.54) is 6.33 Å². The lowest BCUT2D eigenvalue weighted by Gasteiger charge is -2.02. The summed E-state index contributed by atoms with van der Waals surface area (Å²) in [5.74, 6) is 0.0626. The first-order chi connectivity index (χ1) is 7.81. The van der Waals surface area contributed by atoms with Crippen LogP contribution in [0.3, 0.4) is 0 Å². The number of benzene rings is 1. The van der Waals surface area contributed by atoms with Gasteiger partial charge >= 0.3 is 0 Å². The Bertz CT molecular complexity index is 461. The van der Waals surface area contributed by atoms with Crippen LogP contribution in [0, 0.1) is 0 Å². The summed E-state index contributed by atoms with van der Waals surface area (Å²) in [6.07, 6.45) is 3.45. The fourth-order valence-corrected chi connectivity index (χ4v) is 1.42. The zero-order valence-corrected chi connectivity index (χ0v) is 8.71. The molecule has 0 fully saturated rings. The number of Topliss-reactive ketones (excluding diaryl/α,β-unsaturated/α-hetero) is 1. The molecule has 2 N–H and O–H groups in total. The molecule has 1 heterocycles. The number of hydrogen-bond donors (Lipinski definition) is 1. The van der Waals surface area contributed by atoms with E-state index in [0.717, 1.165) is 5.69 Å². The van der Waals surface area contributed by atoms with Crippen molar-refractivity contribution in [2.75, 3.05) is 6.54 Å². The second-order valence-electron chi connectivity index (χ2n) is 3.35. The summed E-state index contributed by atoms with van der Waals surface area (Å²) in [5.41, 5.74) is 6.88. The number of carbonyl (C=O) groups excluding carboxylic acids is 1. The molecular formula is C11H12N4O. The largest absolute Gasteiger partial charge is 0.330 e. The number of aromatic nitrogens is 3. The summed E-state index contributed by atoms with van der Waals surface area (Å²) in [6.45, 7) is 0.379. The Kier molecular flexibility index (Phi) is 3.07. The van der Waals surface area contributed by atoms with Gasteiger partial charge in [-0.25, -0.2) is 9.67 Å². The van der Waals surface area contributed by atoms with E-state index < -0.39 is 0 Å². The Balaban J connectivity index is 2.20. The highest BCUT2D eigenvalue weighted by atomic mass is 16.1. The molecule has 0 amide bonds. The van der Waals surface area contributed by atoms with E-state index in [1.807, 2.05) is 12.1 Å². The summed E-state index contributed by atoms with van der Waals surface area (Å²) in [6, 6.07) is 7.21. The van der Waals surface area contributed by atoms with Crippen LogP contribution in [0.4, 0.5) is 0 Å². The molecule has 0 aliphatic carbocycles. The summed E-state index contributed by atoms with van der Waals surface area (Å²) in [5, 5.41) is 4.00. The lowest BCUT2D eigenvalue weighted by Crippen LogP contribution is -2.08. The average Bonchev–Trinajstić information content (AvgIpc) is 2.83. The maximum Gasteiger partial charge on any atom is 0.164 e. The van der Waals surface area contributed by atoms with E-state index in [-0.39, 0.29) is 5.78 Å². The summed E-state index contributed by atoms with van der Waals surface area (Å²) in [7, 11) is 0. The molecule has 0 aliphatic heterocycles. The first-order valence-electron chi connectivity index (χ1n) is 4.99. The first-order valence-corrected chi connectivity index (χ1v) is 4.99. The zero-order chi connectivity index (χ0) is 11.4. The molecule has 0 saturated heterocycles. The van der Waals surface area contributed by atoms with E-state index >= 15 is 0 Å². The van der Waals surface area contributed by atoms with E-state index in [2.05, 4.69) is 10.1 Å². The van der Waals surface area contributed by atoms with Crippen LogP contribution >= 0.6 is 0 Å². The van der Waals surface area contributed by atoms with Crippen LogP contribution in [0.15, 0.2) is 36.9 Å². The smallest absolute Gasteiger partial charge is 0.164 e. The molecule has 0 aliphatic rings. The van der Waals surface area contributed by atoms with Gasteiger partial charge in [0.05, 0.1) is 5.69 Å². The molecule has 0 spiro atoms. The van der Waals surface area contributed by atoms with Crippen LogP contribution in [-0.4, -0.2) is 27.1 Å². The Morgan fingerprint density at radius 1 is 1.31 bits per heavy atom. The van der Waals surface area contributed by atoms with Gasteiger partial charge in [-0.2, -0.15) is 5.10 Å². The van der Waals surface area contributed by atoms with Crippen LogP contribution in [0.5, 0.6) is 0 Å². The van der Waals surface area contributed by atoms with Crippen molar-refractivity contribution in [1.29, 1.82) is 0 Å². The van der Waals surface area contributed by atoms with Crippen LogP contribution in [0.2, 0.25) is 0 Å². The summed E-state index contributed by atoms with van der Waals surface area (Å²) >= 11 is 0. The second kappa shape index (κ2) is 4.67. The predicted octanol–water partition coefficient (Wildman–Crippen LogP) is 0.799. The van der Waals surface area contributed by atoms with E-state index in [1.54, 1.807) is 23.1 Å². The molecule has 0 radical (unpaired) electrons. The van der Waals surface area contributed by atoms with Crippen molar-refractivity contribution in [1.82, 2.24) is 14.8 Å². The van der Waals surface area contributed by atoms with Gasteiger partial charge in [-0.3, -0.25) is 4.79 Å². The van der Waals surface area contributed by atoms with Gasteiger partial charge in [0.2, 0.25) is 0 Å². The third-order valence-electron chi connectivity index (χ3n) is 2.24. The third-order valence-corrected chi connectivity index (χ3v) is 2.24. The third kappa shape index (κ3) is 2.14. The maximum absolute atomic E-state index is 11.5. The average molecular weight is 216 g/mol. The van der Waals surface area contributed by atoms with E-state index in [4.69, 9.17) is 5.73 Å². The van der Waals surface area contributed by atoms with Gasteiger partial charge in [0, 0.05) is 12.0 Å². The lowest BCUT2D eigenvalue weighted by atomic mass is 10.1. The SMILES string of the molecule is NCCC(=O)c1ccc(-n2cncn2)cc1. The van der Waals surface area contributed by atoms with Crippen molar-refractivity contribution >= 4 is 5.78 Å². The van der Waals surface area contributed by atoms with Crippen molar-refractivity contribution < 1.29 is 4.79 Å². The summed E-state index contributed by atoms with van der Waals surface area (Å²) in [4.78, 5) is 15.4. The minimum absolute atomic E-state index is 0.0626. The quantitative estimate of drug-likeness (QED) is 0.767. The van der Waals surface area contributed by atoms with Crippen LogP contribution < -0.4 is 5.73 Å². The monoisotopic (exact) mass is 216 g/mol. The normalized spacial score (nSPS) is 10.3. The molecule has 1 aromatic carbocycles. The van der Waals surface area contributed by atoms with Gasteiger partial charge in [-0.15, -0.1) is 0 Å². The Morgan fingerprint density at radius 3 is 2.62 bits per heavy atom. The lowest BCUT2D eigenvalue weighted by molar-refractivity contribution is 0.0985. The van der Waals surface area contributed by atoms with E-state index in [9.17, 15) is 4.79 Å². The van der Waals surface area contributed by atoms with Gasteiger partial charge < -0.3 is 5.73 Å². The topological polar surface area (TPSA) is 73.8 Å². The van der Waals surface area contributed by atoms with Crippen molar-refractivity contribution in [3.8, 4) is 5.69 Å². The summed E-state index contributed by atoms with van der Waals surface area (Å²) < 4.78 is 1.64. The van der Waals surface area contributed by atoms with Crippen molar-refractivity contribution in [3.63, 3.8) is 0 Å². The highest BCUT2D eigenvalue weighted by Crippen LogP contribution is 2.09. The van der Waals surface area contributed by atoms with E-state index in [0.29, 0.717) is 18.5 Å².